The second-order valence-electron chi connectivity index (χ2n) is 4.50. The molecule has 0 amide bonds. The highest BCUT2D eigenvalue weighted by Gasteiger charge is 2.08. The lowest BCUT2D eigenvalue weighted by atomic mass is 10.1. The molecule has 3 rings (SSSR count). The largest absolute Gasteiger partial charge is 0.398 e. The topological polar surface area (TPSA) is 50.9 Å². The van der Waals surface area contributed by atoms with Crippen molar-refractivity contribution in [3.8, 4) is 0 Å². The number of nitrogens with zero attached hydrogens (tertiary/aromatic N) is 1. The Bertz CT molecular complexity index is 839. The first kappa shape index (κ1) is 14.9. The number of anilines is 3. The zero-order chi connectivity index (χ0) is 15.0. The lowest BCUT2D eigenvalue weighted by Gasteiger charge is -2.12. The fourth-order valence-electron chi connectivity index (χ4n) is 2.05. The second kappa shape index (κ2) is 5.98. The average Bonchev–Trinajstić information content (AvgIpc) is 2.45. The van der Waals surface area contributed by atoms with Crippen LogP contribution in [-0.2, 0) is 0 Å². The van der Waals surface area contributed by atoms with E-state index in [0.29, 0.717) is 10.7 Å². The van der Waals surface area contributed by atoms with E-state index < -0.39 is 0 Å². The van der Waals surface area contributed by atoms with Crippen molar-refractivity contribution in [1.82, 2.24) is 4.98 Å². The van der Waals surface area contributed by atoms with E-state index in [9.17, 15) is 0 Å². The average molecular weight is 475 g/mol. The summed E-state index contributed by atoms with van der Waals surface area (Å²) in [5.74, 6) is 0. The van der Waals surface area contributed by atoms with Crippen LogP contribution in [-0.4, -0.2) is 4.98 Å². The highest BCUT2D eigenvalue weighted by Crippen LogP contribution is 2.33. The predicted octanol–water partition coefficient (Wildman–Crippen LogP) is 5.58. The van der Waals surface area contributed by atoms with E-state index in [-0.39, 0.29) is 0 Å². The first-order chi connectivity index (χ1) is 10.0. The maximum Gasteiger partial charge on any atom is 0.0958 e. The minimum atomic E-state index is 0.670. The number of hydrogen-bond donors (Lipinski definition) is 2. The number of benzene rings is 2. The molecule has 0 aliphatic rings. The number of rotatable bonds is 2. The van der Waals surface area contributed by atoms with Gasteiger partial charge in [-0.15, -0.1) is 0 Å². The third-order valence-electron chi connectivity index (χ3n) is 3.05. The van der Waals surface area contributed by atoms with Gasteiger partial charge in [0, 0.05) is 25.3 Å². The SMILES string of the molecule is Nc1ccc(Nc2ccc(I)cc2Cl)c2ncc(Br)cc12. The summed E-state index contributed by atoms with van der Waals surface area (Å²) in [5, 5.41) is 4.89. The normalized spacial score (nSPS) is 10.8. The van der Waals surface area contributed by atoms with Gasteiger partial charge >= 0.3 is 0 Å². The number of nitrogen functional groups attached to an aromatic ring is 1. The van der Waals surface area contributed by atoms with Crippen molar-refractivity contribution >= 4 is 78.1 Å². The molecule has 3 nitrogen and oxygen atoms in total. The van der Waals surface area contributed by atoms with Crippen LogP contribution in [0.1, 0.15) is 0 Å². The molecule has 0 atom stereocenters. The molecule has 0 bridgehead atoms. The molecule has 2 aromatic carbocycles. The van der Waals surface area contributed by atoms with Gasteiger partial charge in [0.25, 0.3) is 0 Å². The Morgan fingerprint density at radius 2 is 1.90 bits per heavy atom. The molecule has 106 valence electrons. The van der Waals surface area contributed by atoms with Gasteiger partial charge < -0.3 is 11.1 Å². The van der Waals surface area contributed by atoms with E-state index in [0.717, 1.165) is 30.3 Å². The molecular formula is C15H10BrClIN3. The molecule has 0 saturated carbocycles. The Hall–Kier alpha value is -1.05. The number of fused-ring (bicyclic) bond motifs is 1. The molecule has 6 heteroatoms. The van der Waals surface area contributed by atoms with Crippen LogP contribution in [0.4, 0.5) is 17.1 Å². The Balaban J connectivity index is 2.11. The van der Waals surface area contributed by atoms with Gasteiger partial charge in [-0.25, -0.2) is 0 Å². The molecule has 21 heavy (non-hydrogen) atoms. The minimum Gasteiger partial charge on any atom is -0.398 e. The number of nitrogens with one attached hydrogen (secondary N) is 1. The molecule has 1 aromatic heterocycles. The van der Waals surface area contributed by atoms with Crippen molar-refractivity contribution < 1.29 is 0 Å². The number of pyridine rings is 1. The summed E-state index contributed by atoms with van der Waals surface area (Å²) in [7, 11) is 0. The third-order valence-corrected chi connectivity index (χ3v) is 4.47. The standard InChI is InChI=1S/C15H10BrClIN3/c16-8-5-10-12(19)2-4-14(15(10)20-7-8)21-13-3-1-9(18)6-11(13)17/h1-7,21H,19H2. The van der Waals surface area contributed by atoms with E-state index in [1.54, 1.807) is 6.20 Å². The Labute approximate surface area is 149 Å². The van der Waals surface area contributed by atoms with E-state index in [4.69, 9.17) is 17.3 Å². The number of aromatic nitrogens is 1. The van der Waals surface area contributed by atoms with Crippen LogP contribution in [0.2, 0.25) is 5.02 Å². The van der Waals surface area contributed by atoms with E-state index in [1.807, 2.05) is 36.4 Å². The molecule has 0 saturated heterocycles. The fourth-order valence-corrected chi connectivity index (χ4v) is 3.29. The van der Waals surface area contributed by atoms with Crippen LogP contribution in [0.25, 0.3) is 10.9 Å². The molecule has 0 aliphatic carbocycles. The van der Waals surface area contributed by atoms with Crippen molar-refractivity contribution in [3.05, 3.63) is 55.7 Å². The molecule has 3 N–H and O–H groups in total. The van der Waals surface area contributed by atoms with Crippen LogP contribution in [0.15, 0.2) is 47.1 Å². The summed E-state index contributed by atoms with van der Waals surface area (Å²) in [5.41, 5.74) is 9.24. The maximum atomic E-state index is 6.27. The van der Waals surface area contributed by atoms with Gasteiger partial charge in [0.05, 0.1) is 21.9 Å². The molecule has 1 heterocycles. The van der Waals surface area contributed by atoms with Gasteiger partial charge in [-0.2, -0.15) is 0 Å². The molecule has 0 radical (unpaired) electrons. The quantitative estimate of drug-likeness (QED) is 0.377. The van der Waals surface area contributed by atoms with Crippen LogP contribution in [0, 0.1) is 3.57 Å². The first-order valence-corrected chi connectivity index (χ1v) is 8.35. The van der Waals surface area contributed by atoms with Crippen LogP contribution < -0.4 is 11.1 Å². The lowest BCUT2D eigenvalue weighted by Crippen LogP contribution is -1.96. The second-order valence-corrected chi connectivity index (χ2v) is 7.07. The lowest BCUT2D eigenvalue weighted by molar-refractivity contribution is 1.38. The highest BCUT2D eigenvalue weighted by molar-refractivity contribution is 14.1. The van der Waals surface area contributed by atoms with E-state index in [1.165, 1.54) is 0 Å². The number of halogens is 3. The summed E-state index contributed by atoms with van der Waals surface area (Å²) < 4.78 is 1.98. The molecular weight excluding hydrogens is 464 g/mol. The van der Waals surface area contributed by atoms with Crippen molar-refractivity contribution in [2.24, 2.45) is 0 Å². The molecule has 0 aliphatic heterocycles. The zero-order valence-electron chi connectivity index (χ0n) is 10.7. The zero-order valence-corrected chi connectivity index (χ0v) is 15.2. The molecule has 0 fully saturated rings. The summed E-state index contributed by atoms with van der Waals surface area (Å²) in [4.78, 5) is 4.45. The van der Waals surface area contributed by atoms with E-state index >= 15 is 0 Å². The monoisotopic (exact) mass is 473 g/mol. The predicted molar refractivity (Wildman–Crippen MR) is 101 cm³/mol. The number of nitrogens with two attached hydrogens (primary N) is 1. The van der Waals surface area contributed by atoms with Gasteiger partial charge in [0.15, 0.2) is 0 Å². The summed E-state index contributed by atoms with van der Waals surface area (Å²) in [6.45, 7) is 0. The van der Waals surface area contributed by atoms with Gasteiger partial charge in [0.1, 0.15) is 0 Å². The van der Waals surface area contributed by atoms with Crippen LogP contribution in [0.3, 0.4) is 0 Å². The minimum absolute atomic E-state index is 0.670. The smallest absolute Gasteiger partial charge is 0.0958 e. The Morgan fingerprint density at radius 3 is 2.67 bits per heavy atom. The number of hydrogen-bond acceptors (Lipinski definition) is 3. The van der Waals surface area contributed by atoms with Gasteiger partial charge in [-0.05, 0) is 74.9 Å². The van der Waals surface area contributed by atoms with Crippen molar-refractivity contribution in [1.29, 1.82) is 0 Å². The highest BCUT2D eigenvalue weighted by atomic mass is 127. The van der Waals surface area contributed by atoms with Crippen molar-refractivity contribution in [2.45, 2.75) is 0 Å². The summed E-state index contributed by atoms with van der Waals surface area (Å²) in [6, 6.07) is 11.6. The Morgan fingerprint density at radius 1 is 1.14 bits per heavy atom. The summed E-state index contributed by atoms with van der Waals surface area (Å²) >= 11 is 11.9. The van der Waals surface area contributed by atoms with E-state index in [2.05, 4.69) is 48.8 Å². The van der Waals surface area contributed by atoms with Crippen LogP contribution in [0.5, 0.6) is 0 Å². The summed E-state index contributed by atoms with van der Waals surface area (Å²) in [6.07, 6.45) is 1.75. The third kappa shape index (κ3) is 3.09. The molecule has 0 spiro atoms. The van der Waals surface area contributed by atoms with Crippen molar-refractivity contribution in [3.63, 3.8) is 0 Å². The van der Waals surface area contributed by atoms with Crippen LogP contribution >= 0.6 is 50.1 Å². The first-order valence-electron chi connectivity index (χ1n) is 6.10. The van der Waals surface area contributed by atoms with Gasteiger partial charge in [-0.1, -0.05) is 11.6 Å². The van der Waals surface area contributed by atoms with Crippen molar-refractivity contribution in [2.75, 3.05) is 11.1 Å². The molecule has 3 aromatic rings. The molecule has 0 unspecified atom stereocenters. The van der Waals surface area contributed by atoms with Gasteiger partial charge in [-0.3, -0.25) is 4.98 Å². The fraction of sp³-hybridized carbons (Fsp3) is 0. The maximum absolute atomic E-state index is 6.27. The van der Waals surface area contributed by atoms with Gasteiger partial charge in [0.2, 0.25) is 0 Å². The Kier molecular flexibility index (Phi) is 4.24.